The van der Waals surface area contributed by atoms with Gasteiger partial charge in [-0.3, -0.25) is 0 Å². The third-order valence-corrected chi connectivity index (χ3v) is 6.81. The summed E-state index contributed by atoms with van der Waals surface area (Å²) in [4.78, 5) is 13.8. The first-order valence-corrected chi connectivity index (χ1v) is 9.45. The van der Waals surface area contributed by atoms with E-state index in [0.717, 1.165) is 0 Å². The Balaban J connectivity index is 2.21. The molecular weight excluding hydrogens is 377 g/mol. The zero-order chi connectivity index (χ0) is 19.3. The summed E-state index contributed by atoms with van der Waals surface area (Å²) >= 11 is 0. The van der Waals surface area contributed by atoms with E-state index in [-0.39, 0.29) is 0 Å². The van der Waals surface area contributed by atoms with Crippen molar-refractivity contribution in [3.63, 3.8) is 0 Å². The van der Waals surface area contributed by atoms with Gasteiger partial charge < -0.3 is 8.92 Å². The maximum absolute atomic E-state index is 12.6. The molecule has 0 fully saturated rings. The third kappa shape index (κ3) is 4.25. The Bertz CT molecular complexity index is 788. The van der Waals surface area contributed by atoms with Gasteiger partial charge in [0.2, 0.25) is 0 Å². The van der Waals surface area contributed by atoms with Crippen molar-refractivity contribution in [2.75, 3.05) is 0 Å². The highest BCUT2D eigenvalue weighted by Crippen LogP contribution is 2.69. The highest BCUT2D eigenvalue weighted by Gasteiger charge is 2.41. The Kier molecular flexibility index (Phi) is 5.41. The normalized spacial score (nSPS) is 12.3. The van der Waals surface area contributed by atoms with E-state index in [1.54, 1.807) is 91.0 Å². The molecule has 0 atom stereocenters. The van der Waals surface area contributed by atoms with Crippen molar-refractivity contribution < 1.29 is 26.9 Å². The molecule has 0 amide bonds. The highest BCUT2D eigenvalue weighted by molar-refractivity contribution is 8.30. The van der Waals surface area contributed by atoms with Gasteiger partial charge in [0.15, 0.2) is 0 Å². The van der Waals surface area contributed by atoms with Crippen molar-refractivity contribution in [1.82, 2.24) is 0 Å². The molecule has 0 aromatic heterocycles. The minimum absolute atomic E-state index is 0.571. The molecule has 3 rings (SSSR count). The van der Waals surface area contributed by atoms with Gasteiger partial charge in [-0.1, -0.05) is 54.6 Å². The Morgan fingerprint density at radius 2 is 1.00 bits per heavy atom. The van der Waals surface area contributed by atoms with Crippen LogP contribution in [0.1, 0.15) is 0 Å². The van der Waals surface area contributed by atoms with E-state index >= 15 is 0 Å². The third-order valence-electron chi connectivity index (χ3n) is 3.62. The SMILES string of the molecule is O=C(OC(F)(F)F)OS(c1ccccc1)(c1ccccc1)c1ccccc1. The molecule has 0 bridgehead atoms. The van der Waals surface area contributed by atoms with Crippen LogP contribution in [0, 0.1) is 0 Å². The molecule has 3 nitrogen and oxygen atoms in total. The predicted molar refractivity (Wildman–Crippen MR) is 95.3 cm³/mol. The molecule has 140 valence electrons. The number of benzene rings is 3. The zero-order valence-corrected chi connectivity index (χ0v) is 14.7. The highest BCUT2D eigenvalue weighted by atomic mass is 32.3. The number of halogens is 3. The van der Waals surface area contributed by atoms with Crippen LogP contribution in [0.4, 0.5) is 18.0 Å². The Morgan fingerprint density at radius 3 is 1.30 bits per heavy atom. The molecule has 0 saturated carbocycles. The first-order chi connectivity index (χ1) is 12.9. The topological polar surface area (TPSA) is 35.5 Å². The van der Waals surface area contributed by atoms with Crippen LogP contribution in [0.25, 0.3) is 0 Å². The number of carbonyl (C=O) groups excluding carboxylic acids is 1. The molecule has 3 aromatic rings. The molecule has 0 unspecified atom stereocenters. The average Bonchev–Trinajstić information content (AvgIpc) is 2.67. The summed E-state index contributed by atoms with van der Waals surface area (Å²) in [7, 11) is -2.78. The Morgan fingerprint density at radius 1 is 0.667 bits per heavy atom. The first kappa shape index (κ1) is 18.8. The van der Waals surface area contributed by atoms with E-state index in [1.165, 1.54) is 0 Å². The van der Waals surface area contributed by atoms with Crippen molar-refractivity contribution in [1.29, 1.82) is 0 Å². The van der Waals surface area contributed by atoms with Crippen LogP contribution in [-0.4, -0.2) is 12.5 Å². The van der Waals surface area contributed by atoms with E-state index in [9.17, 15) is 18.0 Å². The maximum atomic E-state index is 12.6. The van der Waals surface area contributed by atoms with Gasteiger partial charge in [0, 0.05) is 14.7 Å². The van der Waals surface area contributed by atoms with E-state index in [2.05, 4.69) is 4.74 Å². The van der Waals surface area contributed by atoms with Gasteiger partial charge in [-0.15, -0.1) is 13.2 Å². The summed E-state index contributed by atoms with van der Waals surface area (Å²) < 4.78 is 46.7. The van der Waals surface area contributed by atoms with Gasteiger partial charge in [-0.25, -0.2) is 4.79 Å². The van der Waals surface area contributed by atoms with Crippen LogP contribution in [0.3, 0.4) is 0 Å². The largest absolute Gasteiger partial charge is 0.577 e. The standard InChI is InChI=1S/C20H15F3O3S/c21-20(22,23)25-19(24)26-27(16-10-4-1-5-11-16,17-12-6-2-7-13-17)18-14-8-3-9-15-18/h1-15H. The molecule has 0 spiro atoms. The lowest BCUT2D eigenvalue weighted by Gasteiger charge is -2.39. The second-order valence-corrected chi connectivity index (χ2v) is 8.07. The second-order valence-electron chi connectivity index (χ2n) is 5.38. The number of carbonyl (C=O) groups is 1. The number of hydrogen-bond donors (Lipinski definition) is 0. The molecule has 0 saturated heterocycles. The number of ether oxygens (including phenoxy) is 1. The van der Waals surface area contributed by atoms with Crippen molar-refractivity contribution in [2.24, 2.45) is 0 Å². The fourth-order valence-electron chi connectivity index (χ4n) is 2.60. The molecular formula is C20H15F3O3S. The molecule has 27 heavy (non-hydrogen) atoms. The number of alkyl halides is 3. The van der Waals surface area contributed by atoms with Crippen LogP contribution < -0.4 is 0 Å². The monoisotopic (exact) mass is 392 g/mol. The molecule has 0 aliphatic rings. The van der Waals surface area contributed by atoms with Gasteiger partial charge in [-0.2, -0.15) is 0 Å². The smallest absolute Gasteiger partial charge is 0.370 e. The van der Waals surface area contributed by atoms with Crippen molar-refractivity contribution in [3.8, 4) is 0 Å². The summed E-state index contributed by atoms with van der Waals surface area (Å²) in [6, 6.07) is 26.1. The van der Waals surface area contributed by atoms with E-state index in [1.807, 2.05) is 0 Å². The molecule has 0 heterocycles. The molecule has 0 aliphatic heterocycles. The van der Waals surface area contributed by atoms with Gasteiger partial charge in [-0.05, 0) is 46.7 Å². The molecule has 3 aromatic carbocycles. The maximum Gasteiger partial charge on any atom is 0.577 e. The minimum Gasteiger partial charge on any atom is -0.370 e. The van der Waals surface area contributed by atoms with Crippen LogP contribution in [-0.2, 0) is 8.92 Å². The summed E-state index contributed by atoms with van der Waals surface area (Å²) in [5, 5.41) is 0. The lowest BCUT2D eigenvalue weighted by molar-refractivity contribution is -0.296. The van der Waals surface area contributed by atoms with Crippen molar-refractivity contribution in [2.45, 2.75) is 21.0 Å². The molecule has 0 radical (unpaired) electrons. The number of rotatable bonds is 4. The van der Waals surface area contributed by atoms with Crippen molar-refractivity contribution in [3.05, 3.63) is 91.0 Å². The Hall–Kier alpha value is -2.93. The summed E-state index contributed by atoms with van der Waals surface area (Å²) in [5.41, 5.74) is 0. The summed E-state index contributed by atoms with van der Waals surface area (Å²) in [6.07, 6.45) is -6.93. The molecule has 7 heteroatoms. The molecule has 0 aliphatic carbocycles. The van der Waals surface area contributed by atoms with E-state index in [0.29, 0.717) is 14.7 Å². The zero-order valence-electron chi connectivity index (χ0n) is 13.9. The van der Waals surface area contributed by atoms with Gasteiger partial charge in [0.1, 0.15) is 0 Å². The fraction of sp³-hybridized carbons (Fsp3) is 0.0500. The Labute approximate surface area is 155 Å². The lowest BCUT2D eigenvalue weighted by Crippen LogP contribution is -2.22. The second kappa shape index (κ2) is 7.75. The van der Waals surface area contributed by atoms with Gasteiger partial charge in [0.05, 0.1) is 0 Å². The summed E-state index contributed by atoms with van der Waals surface area (Å²) in [5.74, 6) is 0. The lowest BCUT2D eigenvalue weighted by atomic mass is 10.4. The van der Waals surface area contributed by atoms with Crippen LogP contribution >= 0.6 is 10.3 Å². The minimum atomic E-state index is -5.13. The fourth-order valence-corrected chi connectivity index (χ4v) is 5.57. The quantitative estimate of drug-likeness (QED) is 0.472. The first-order valence-electron chi connectivity index (χ1n) is 7.89. The molecule has 0 N–H and O–H groups in total. The average molecular weight is 392 g/mol. The van der Waals surface area contributed by atoms with Crippen LogP contribution in [0.2, 0.25) is 0 Å². The number of hydrogen-bond acceptors (Lipinski definition) is 3. The predicted octanol–water partition coefficient (Wildman–Crippen LogP) is 6.56. The van der Waals surface area contributed by atoms with Crippen molar-refractivity contribution >= 4 is 16.5 Å². The van der Waals surface area contributed by atoms with Gasteiger partial charge in [0.25, 0.3) is 0 Å². The van der Waals surface area contributed by atoms with E-state index in [4.69, 9.17) is 4.18 Å². The van der Waals surface area contributed by atoms with E-state index < -0.39 is 22.8 Å². The van der Waals surface area contributed by atoms with Crippen LogP contribution in [0.5, 0.6) is 0 Å². The van der Waals surface area contributed by atoms with Crippen LogP contribution in [0.15, 0.2) is 106 Å². The van der Waals surface area contributed by atoms with Gasteiger partial charge >= 0.3 is 12.5 Å². The summed E-state index contributed by atoms with van der Waals surface area (Å²) in [6.45, 7) is 0.